The molecular formula is C26H28FN3O3. The van der Waals surface area contributed by atoms with Crippen LogP contribution in [0.1, 0.15) is 56.7 Å². The summed E-state index contributed by atoms with van der Waals surface area (Å²) in [5.74, 6) is -2.08. The minimum absolute atomic E-state index is 0.0213. The van der Waals surface area contributed by atoms with Gasteiger partial charge in [0, 0.05) is 17.8 Å². The van der Waals surface area contributed by atoms with Gasteiger partial charge in [-0.1, -0.05) is 19.1 Å². The number of hydrogen-bond donors (Lipinski definition) is 1. The lowest BCUT2D eigenvalue weighted by molar-refractivity contribution is -0.122. The van der Waals surface area contributed by atoms with Gasteiger partial charge in [0.15, 0.2) is 0 Å². The van der Waals surface area contributed by atoms with Crippen molar-refractivity contribution < 1.29 is 18.8 Å². The molecule has 0 spiro atoms. The molecule has 1 fully saturated rings. The average Bonchev–Trinajstić information content (AvgIpc) is 2.72. The number of halogens is 1. The van der Waals surface area contributed by atoms with E-state index in [1.807, 2.05) is 13.0 Å². The predicted molar refractivity (Wildman–Crippen MR) is 127 cm³/mol. The van der Waals surface area contributed by atoms with Crippen molar-refractivity contribution in [2.45, 2.75) is 52.5 Å². The molecule has 2 aromatic rings. The maximum absolute atomic E-state index is 14.3. The third kappa shape index (κ3) is 3.81. The number of nitrogens with zero attached hydrogens (tertiary/aromatic N) is 2. The van der Waals surface area contributed by atoms with Gasteiger partial charge in [0.25, 0.3) is 11.8 Å². The zero-order chi connectivity index (χ0) is 24.1. The first kappa shape index (κ1) is 22.7. The first-order valence-corrected chi connectivity index (χ1v) is 11.1. The molecule has 1 atom stereocenters. The Morgan fingerprint density at radius 2 is 1.85 bits per heavy atom. The van der Waals surface area contributed by atoms with Crippen LogP contribution in [-0.2, 0) is 9.59 Å². The molecule has 0 saturated carbocycles. The van der Waals surface area contributed by atoms with Gasteiger partial charge in [-0.25, -0.2) is 14.1 Å². The van der Waals surface area contributed by atoms with Crippen molar-refractivity contribution in [3.8, 4) is 0 Å². The monoisotopic (exact) mass is 449 g/mol. The van der Waals surface area contributed by atoms with E-state index in [1.54, 1.807) is 0 Å². The number of barbiturate groups is 1. The van der Waals surface area contributed by atoms with Gasteiger partial charge in [-0.15, -0.1) is 0 Å². The van der Waals surface area contributed by atoms with Gasteiger partial charge < -0.3 is 4.90 Å². The highest BCUT2D eigenvalue weighted by Gasteiger charge is 2.39. The van der Waals surface area contributed by atoms with Gasteiger partial charge in [-0.2, -0.15) is 0 Å². The van der Waals surface area contributed by atoms with Gasteiger partial charge in [0.1, 0.15) is 11.4 Å². The molecule has 4 amide bonds. The normalized spacial score (nSPS) is 21.3. The second kappa shape index (κ2) is 8.14. The highest BCUT2D eigenvalue weighted by atomic mass is 19.1. The average molecular weight is 450 g/mol. The molecule has 4 rings (SSSR count). The van der Waals surface area contributed by atoms with E-state index >= 15 is 0 Å². The van der Waals surface area contributed by atoms with Crippen LogP contribution in [-0.4, -0.2) is 29.9 Å². The summed E-state index contributed by atoms with van der Waals surface area (Å²) in [6.45, 7) is 11.6. The number of fused-ring (bicyclic) bond motifs is 1. The SMILES string of the molecule is CCN1c2cc(C)c(/C=C3/C(=O)NC(=O)N(c4ccccc4F)C3=O)cc2C(C)CC1(C)C. The molecule has 6 nitrogen and oxygen atoms in total. The van der Waals surface area contributed by atoms with Gasteiger partial charge in [-0.3, -0.25) is 14.9 Å². The van der Waals surface area contributed by atoms with Crippen LogP contribution in [0.5, 0.6) is 0 Å². The Bertz CT molecular complexity index is 1200. The quantitative estimate of drug-likeness (QED) is 0.534. The van der Waals surface area contributed by atoms with Crippen molar-refractivity contribution >= 4 is 35.3 Å². The molecule has 2 aliphatic rings. The van der Waals surface area contributed by atoms with E-state index in [0.717, 1.165) is 41.4 Å². The molecule has 0 bridgehead atoms. The van der Waals surface area contributed by atoms with Crippen LogP contribution >= 0.6 is 0 Å². The Morgan fingerprint density at radius 3 is 2.52 bits per heavy atom. The molecule has 7 heteroatoms. The highest BCUT2D eigenvalue weighted by Crippen LogP contribution is 2.44. The first-order chi connectivity index (χ1) is 15.5. The summed E-state index contributed by atoms with van der Waals surface area (Å²) in [4.78, 5) is 41.1. The fourth-order valence-corrected chi connectivity index (χ4v) is 5.07. The molecule has 2 aliphatic heterocycles. The lowest BCUT2D eigenvalue weighted by Crippen LogP contribution is -2.54. The Balaban J connectivity index is 1.79. The minimum Gasteiger partial charge on any atom is -0.366 e. The largest absolute Gasteiger partial charge is 0.366 e. The summed E-state index contributed by atoms with van der Waals surface area (Å²) in [6.07, 6.45) is 2.47. The number of para-hydroxylation sites is 1. The zero-order valence-corrected chi connectivity index (χ0v) is 19.5. The van der Waals surface area contributed by atoms with Gasteiger partial charge in [0.2, 0.25) is 0 Å². The number of rotatable bonds is 3. The Morgan fingerprint density at radius 1 is 1.15 bits per heavy atom. The molecule has 0 aliphatic carbocycles. The Hall–Kier alpha value is -3.48. The number of imide groups is 2. The van der Waals surface area contributed by atoms with Gasteiger partial charge in [-0.05, 0) is 87.1 Å². The fourth-order valence-electron chi connectivity index (χ4n) is 5.07. The van der Waals surface area contributed by atoms with Crippen LogP contribution in [0, 0.1) is 12.7 Å². The maximum Gasteiger partial charge on any atom is 0.336 e. The van der Waals surface area contributed by atoms with E-state index in [2.05, 4.69) is 44.0 Å². The summed E-state index contributed by atoms with van der Waals surface area (Å²) >= 11 is 0. The van der Waals surface area contributed by atoms with Gasteiger partial charge >= 0.3 is 6.03 Å². The van der Waals surface area contributed by atoms with Crippen LogP contribution in [0.25, 0.3) is 6.08 Å². The van der Waals surface area contributed by atoms with Gasteiger partial charge in [0.05, 0.1) is 5.69 Å². The minimum atomic E-state index is -0.969. The molecule has 0 radical (unpaired) electrons. The van der Waals surface area contributed by atoms with Crippen LogP contribution in [0.15, 0.2) is 42.0 Å². The summed E-state index contributed by atoms with van der Waals surface area (Å²) in [7, 11) is 0. The lowest BCUT2D eigenvalue weighted by Gasteiger charge is -2.47. The van der Waals surface area contributed by atoms with Crippen molar-refractivity contribution in [2.75, 3.05) is 16.3 Å². The number of anilines is 2. The summed E-state index contributed by atoms with van der Waals surface area (Å²) < 4.78 is 14.3. The van der Waals surface area contributed by atoms with E-state index < -0.39 is 23.7 Å². The Labute approximate surface area is 193 Å². The molecule has 172 valence electrons. The van der Waals surface area contributed by atoms with Crippen molar-refractivity contribution in [3.63, 3.8) is 0 Å². The number of carbonyl (C=O) groups is 3. The second-order valence-corrected chi connectivity index (χ2v) is 9.34. The molecule has 2 aromatic carbocycles. The molecule has 1 saturated heterocycles. The van der Waals surface area contributed by atoms with Crippen LogP contribution in [0.4, 0.5) is 20.6 Å². The van der Waals surface area contributed by atoms with Crippen LogP contribution < -0.4 is 15.1 Å². The van der Waals surface area contributed by atoms with E-state index in [-0.39, 0.29) is 16.8 Å². The molecule has 2 heterocycles. The molecule has 0 aromatic heterocycles. The number of urea groups is 1. The summed E-state index contributed by atoms with van der Waals surface area (Å²) in [5.41, 5.74) is 3.54. The first-order valence-electron chi connectivity index (χ1n) is 11.1. The van der Waals surface area contributed by atoms with Crippen molar-refractivity contribution in [1.82, 2.24) is 5.32 Å². The van der Waals surface area contributed by atoms with E-state index in [9.17, 15) is 18.8 Å². The summed E-state index contributed by atoms with van der Waals surface area (Å²) in [5, 5.41) is 2.16. The van der Waals surface area contributed by atoms with Crippen LogP contribution in [0.3, 0.4) is 0 Å². The summed E-state index contributed by atoms with van der Waals surface area (Å²) in [6, 6.07) is 8.61. The van der Waals surface area contributed by atoms with Crippen molar-refractivity contribution in [2.24, 2.45) is 0 Å². The number of amides is 4. The number of aryl methyl sites for hydroxylation is 1. The standard InChI is InChI=1S/C26H28FN3O3/c1-6-29-22-11-15(2)17(12-18(22)16(3)14-26(29,4)5)13-19-23(31)28-25(33)30(24(19)32)21-10-8-7-9-20(21)27/h7-13,16H,6,14H2,1-5H3,(H,28,31,33)/b19-13-. The molecule has 1 N–H and O–H groups in total. The zero-order valence-electron chi connectivity index (χ0n) is 19.5. The second-order valence-electron chi connectivity index (χ2n) is 9.34. The van der Waals surface area contributed by atoms with E-state index in [1.165, 1.54) is 24.3 Å². The fraction of sp³-hybridized carbons (Fsp3) is 0.346. The van der Waals surface area contributed by atoms with Crippen LogP contribution in [0.2, 0.25) is 0 Å². The number of carbonyl (C=O) groups excluding carboxylic acids is 3. The lowest BCUT2D eigenvalue weighted by atomic mass is 9.79. The smallest absolute Gasteiger partial charge is 0.336 e. The third-order valence-electron chi connectivity index (χ3n) is 6.58. The number of benzene rings is 2. The topological polar surface area (TPSA) is 69.7 Å². The number of nitrogens with one attached hydrogen (secondary N) is 1. The highest BCUT2D eigenvalue weighted by molar-refractivity contribution is 6.39. The van der Waals surface area contributed by atoms with Crippen molar-refractivity contribution in [1.29, 1.82) is 0 Å². The molecule has 1 unspecified atom stereocenters. The number of hydrogen-bond acceptors (Lipinski definition) is 4. The molecular weight excluding hydrogens is 421 g/mol. The van der Waals surface area contributed by atoms with E-state index in [4.69, 9.17) is 0 Å². The maximum atomic E-state index is 14.3. The Kier molecular flexibility index (Phi) is 5.60. The molecule has 33 heavy (non-hydrogen) atoms. The predicted octanol–water partition coefficient (Wildman–Crippen LogP) is 4.91. The van der Waals surface area contributed by atoms with Crippen molar-refractivity contribution in [3.05, 3.63) is 64.5 Å². The van der Waals surface area contributed by atoms with E-state index in [0.29, 0.717) is 10.8 Å². The third-order valence-corrected chi connectivity index (χ3v) is 6.58.